The predicted molar refractivity (Wildman–Crippen MR) is 119 cm³/mol. The molecule has 1 amide bonds. The number of aromatic nitrogens is 3. The number of ether oxygens (including phenoxy) is 1. The van der Waals surface area contributed by atoms with Gasteiger partial charge in [0.1, 0.15) is 8.55 Å². The molecule has 0 spiro atoms. The first kappa shape index (κ1) is 26.6. The summed E-state index contributed by atoms with van der Waals surface area (Å²) in [6.07, 6.45) is -10.2. The fourth-order valence-electron chi connectivity index (χ4n) is 3.00. The van der Waals surface area contributed by atoms with E-state index in [1.54, 1.807) is 0 Å². The number of nitrogens with one attached hydrogen (secondary N) is 1. The Kier molecular flexibility index (Phi) is 6.60. The lowest BCUT2D eigenvalue weighted by molar-refractivity contribution is -0.142. The molecule has 0 aliphatic rings. The predicted octanol–water partition coefficient (Wildman–Crippen LogP) is 5.41. The Labute approximate surface area is 211 Å². The average Bonchev–Trinajstić information content (AvgIpc) is 3.35. The van der Waals surface area contributed by atoms with E-state index in [2.05, 4.69) is 15.4 Å². The number of fused-ring (bicyclic) bond motifs is 1. The van der Waals surface area contributed by atoms with E-state index in [0.717, 1.165) is 24.4 Å². The summed E-state index contributed by atoms with van der Waals surface area (Å²) in [5, 5.41) is 10.7. The van der Waals surface area contributed by atoms with Gasteiger partial charge in [-0.15, -0.1) is 11.3 Å². The van der Waals surface area contributed by atoms with E-state index in [1.165, 1.54) is 0 Å². The zero-order valence-corrected chi connectivity index (χ0v) is 19.9. The second-order valence-electron chi connectivity index (χ2n) is 7.16. The van der Waals surface area contributed by atoms with Gasteiger partial charge in [0, 0.05) is 5.56 Å². The van der Waals surface area contributed by atoms with Crippen LogP contribution in [0.4, 0.5) is 36.8 Å². The zero-order chi connectivity index (χ0) is 27.3. The third-order valence-corrected chi connectivity index (χ3v) is 7.40. The lowest BCUT2D eigenvalue weighted by atomic mass is 10.1. The summed E-state index contributed by atoms with van der Waals surface area (Å²) in [7, 11) is -4.13. The van der Waals surface area contributed by atoms with Crippen LogP contribution in [-0.2, 0) is 22.4 Å². The Morgan fingerprint density at radius 3 is 2.27 bits per heavy atom. The number of thiophene rings is 1. The van der Waals surface area contributed by atoms with Crippen molar-refractivity contribution in [3.05, 3.63) is 58.2 Å². The minimum atomic E-state index is -4.97. The lowest BCUT2D eigenvalue weighted by Gasteiger charge is -2.12. The summed E-state index contributed by atoms with van der Waals surface area (Å²) in [5.74, 6) is -0.546. The van der Waals surface area contributed by atoms with E-state index in [4.69, 9.17) is 21.5 Å². The quantitative estimate of drug-likeness (QED) is 0.308. The molecule has 3 N–H and O–H groups in total. The van der Waals surface area contributed by atoms with Crippen LogP contribution < -0.4 is 15.2 Å². The third kappa shape index (κ3) is 5.63. The van der Waals surface area contributed by atoms with E-state index < -0.39 is 51.1 Å². The van der Waals surface area contributed by atoms with Crippen LogP contribution in [0, 0.1) is 0 Å². The van der Waals surface area contributed by atoms with E-state index in [1.807, 2.05) is 0 Å². The van der Waals surface area contributed by atoms with Gasteiger partial charge in [-0.3, -0.25) is 5.32 Å². The number of anilines is 1. The second kappa shape index (κ2) is 9.16. The molecule has 0 saturated heterocycles. The monoisotopic (exact) mass is 585 g/mol. The van der Waals surface area contributed by atoms with Crippen LogP contribution in [0.1, 0.15) is 11.3 Å². The molecule has 18 heteroatoms. The zero-order valence-electron chi connectivity index (χ0n) is 17.6. The summed E-state index contributed by atoms with van der Waals surface area (Å²) < 4.78 is 107. The van der Waals surface area contributed by atoms with Crippen molar-refractivity contribution >= 4 is 50.4 Å². The molecule has 0 radical (unpaired) electrons. The molecular weight excluding hydrogens is 576 g/mol. The molecule has 0 fully saturated rings. The summed E-state index contributed by atoms with van der Waals surface area (Å²) in [5.41, 5.74) is -3.61. The van der Waals surface area contributed by atoms with E-state index in [0.29, 0.717) is 34.1 Å². The Hall–Kier alpha value is -3.41. The molecule has 4 aromatic rings. The topological polar surface area (TPSA) is 129 Å². The van der Waals surface area contributed by atoms with Crippen LogP contribution in [-0.4, -0.2) is 29.1 Å². The van der Waals surface area contributed by atoms with Crippen molar-refractivity contribution in [1.29, 1.82) is 0 Å². The van der Waals surface area contributed by atoms with Gasteiger partial charge >= 0.3 is 18.4 Å². The van der Waals surface area contributed by atoms with Gasteiger partial charge in [-0.25, -0.2) is 27.9 Å². The number of sulfonamides is 1. The molecular formula is C19H10ClF6N5O4S2. The van der Waals surface area contributed by atoms with Crippen LogP contribution >= 0.6 is 22.9 Å². The molecule has 4 rings (SSSR count). The number of hydrogen-bond donors (Lipinski definition) is 2. The highest BCUT2D eigenvalue weighted by Crippen LogP contribution is 2.37. The Morgan fingerprint density at radius 1 is 1.08 bits per heavy atom. The number of halogens is 7. The molecule has 0 atom stereocenters. The van der Waals surface area contributed by atoms with Crippen molar-refractivity contribution in [2.75, 3.05) is 5.32 Å². The van der Waals surface area contributed by atoms with E-state index in [9.17, 15) is 39.6 Å². The Morgan fingerprint density at radius 2 is 1.73 bits per heavy atom. The van der Waals surface area contributed by atoms with Crippen LogP contribution in [0.3, 0.4) is 0 Å². The first-order valence-corrected chi connectivity index (χ1v) is 12.2. The normalized spacial score (nSPS) is 12.6. The smallest absolute Gasteiger partial charge is 0.404 e. The van der Waals surface area contributed by atoms with Crippen molar-refractivity contribution in [2.45, 2.75) is 16.6 Å². The fraction of sp³-hybridized carbons (Fsp3) is 0.105. The first-order chi connectivity index (χ1) is 17.0. The number of rotatable bonds is 4. The molecule has 3 heterocycles. The molecule has 0 unspecified atom stereocenters. The maximum Gasteiger partial charge on any atom is 0.433 e. The van der Waals surface area contributed by atoms with Crippen LogP contribution in [0.5, 0.6) is 5.75 Å². The maximum absolute atomic E-state index is 13.7. The summed E-state index contributed by atoms with van der Waals surface area (Å²) in [6, 6.07) is 4.75. The second-order valence-corrected chi connectivity index (χ2v) is 10.6. The van der Waals surface area contributed by atoms with Crippen molar-refractivity contribution in [3.63, 3.8) is 0 Å². The van der Waals surface area contributed by atoms with Gasteiger partial charge in [0.15, 0.2) is 17.1 Å². The van der Waals surface area contributed by atoms with Gasteiger partial charge in [-0.05, 0) is 24.3 Å². The molecule has 3 aromatic heterocycles. The third-order valence-electron chi connectivity index (χ3n) is 4.62. The molecule has 0 bridgehead atoms. The number of nitrogens with zero attached hydrogens (tertiary/aromatic N) is 3. The number of nitrogens with two attached hydrogens (primary N) is 1. The largest absolute Gasteiger partial charge is 0.433 e. The Balaban J connectivity index is 1.71. The van der Waals surface area contributed by atoms with Crippen LogP contribution in [0.2, 0.25) is 4.34 Å². The maximum atomic E-state index is 13.7. The molecule has 9 nitrogen and oxygen atoms in total. The van der Waals surface area contributed by atoms with Crippen LogP contribution in [0.15, 0.2) is 46.8 Å². The van der Waals surface area contributed by atoms with E-state index >= 15 is 0 Å². The number of carbonyl (C=O) groups excluding carboxylic acids is 1. The van der Waals surface area contributed by atoms with Gasteiger partial charge < -0.3 is 4.74 Å². The lowest BCUT2D eigenvalue weighted by Crippen LogP contribution is -2.17. The van der Waals surface area contributed by atoms with Gasteiger partial charge in [0.25, 0.3) is 0 Å². The number of amides is 1. The van der Waals surface area contributed by atoms with Crippen molar-refractivity contribution in [2.24, 2.45) is 5.14 Å². The SMILES string of the molecule is NS(=O)(=O)c1cc(NC(=O)Oc2cnn3c(C(F)(F)F)cc(-c4ccc(C(F)(F)F)cc4)nc23)c(Cl)s1. The summed E-state index contributed by atoms with van der Waals surface area (Å²) in [4.78, 5) is 16.3. The molecule has 196 valence electrons. The van der Waals surface area contributed by atoms with Crippen molar-refractivity contribution in [3.8, 4) is 17.0 Å². The van der Waals surface area contributed by atoms with Crippen molar-refractivity contribution < 1.29 is 44.3 Å². The standard InChI is InChI=1S/C19H10ClF6N5O4S2/c20-15-11(6-14(36-15)37(27,33)34)30-17(32)35-12-7-28-31-13(19(24,25)26)5-10(29-16(12)31)8-1-3-9(4-2-8)18(21,22)23/h1-7H,(H,30,32)(H2,27,33,34). The molecule has 37 heavy (non-hydrogen) atoms. The molecule has 0 saturated carbocycles. The number of carbonyl (C=O) groups is 1. The summed E-state index contributed by atoms with van der Waals surface area (Å²) >= 11 is 6.41. The van der Waals surface area contributed by atoms with E-state index in [-0.39, 0.29) is 25.5 Å². The molecule has 1 aromatic carbocycles. The van der Waals surface area contributed by atoms with Gasteiger partial charge in [-0.1, -0.05) is 23.7 Å². The van der Waals surface area contributed by atoms with Gasteiger partial charge in [0.05, 0.1) is 23.1 Å². The highest BCUT2D eigenvalue weighted by molar-refractivity contribution is 7.91. The van der Waals surface area contributed by atoms with Crippen LogP contribution in [0.25, 0.3) is 16.9 Å². The average molecular weight is 586 g/mol. The first-order valence-electron chi connectivity index (χ1n) is 9.48. The number of primary sulfonamides is 1. The number of hydrogen-bond acceptors (Lipinski definition) is 7. The highest BCUT2D eigenvalue weighted by atomic mass is 35.5. The molecule has 0 aliphatic heterocycles. The van der Waals surface area contributed by atoms with Gasteiger partial charge in [-0.2, -0.15) is 31.4 Å². The number of alkyl halides is 6. The van der Waals surface area contributed by atoms with Gasteiger partial charge in [0.2, 0.25) is 10.0 Å². The Bertz CT molecular complexity index is 1610. The molecule has 0 aliphatic carbocycles. The minimum absolute atomic E-state index is 0.0850. The number of benzene rings is 1. The fourth-order valence-corrected chi connectivity index (χ4v) is 5.06. The summed E-state index contributed by atoms with van der Waals surface area (Å²) in [6.45, 7) is 0. The minimum Gasteiger partial charge on any atom is -0.404 e. The highest BCUT2D eigenvalue weighted by Gasteiger charge is 2.36. The van der Waals surface area contributed by atoms with Crippen molar-refractivity contribution in [1.82, 2.24) is 14.6 Å².